The first-order chi connectivity index (χ1) is 20.1. The molecule has 42 heavy (non-hydrogen) atoms. The third-order valence-corrected chi connectivity index (χ3v) is 13.2. The van der Waals surface area contributed by atoms with Crippen molar-refractivity contribution in [1.29, 1.82) is 0 Å². The van der Waals surface area contributed by atoms with E-state index in [1.165, 1.54) is 19.9 Å². The summed E-state index contributed by atoms with van der Waals surface area (Å²) in [4.78, 5) is 15.0. The molecule has 7 nitrogen and oxygen atoms in total. The first-order valence-electron chi connectivity index (χ1n) is 13.9. The fourth-order valence-corrected chi connectivity index (χ4v) is 10.6. The predicted molar refractivity (Wildman–Crippen MR) is 163 cm³/mol. The number of nitrogens with zero attached hydrogens (tertiary/aromatic N) is 2. The van der Waals surface area contributed by atoms with E-state index in [-0.39, 0.29) is 35.0 Å². The SMILES string of the molecule is Cc1ccc(S(=O)(=O)N2C[C@H]3C(=O)C[C@@H](c4ccccc4)N(S(=O)(=O)c4ccc(C)cc4)[C@H]3C[C@H]2c2cccs2)cc1. The van der Waals surface area contributed by atoms with E-state index < -0.39 is 44.1 Å². The second kappa shape index (κ2) is 11.2. The third-order valence-electron chi connectivity index (χ3n) is 8.38. The molecule has 0 aliphatic carbocycles. The summed E-state index contributed by atoms with van der Waals surface area (Å²) in [5.74, 6) is -0.931. The number of sulfonamides is 2. The van der Waals surface area contributed by atoms with Crippen molar-refractivity contribution in [2.24, 2.45) is 5.92 Å². The second-order valence-electron chi connectivity index (χ2n) is 11.1. The molecule has 3 aromatic carbocycles. The van der Waals surface area contributed by atoms with E-state index in [0.717, 1.165) is 21.6 Å². The number of aryl methyl sites for hydroxylation is 2. The number of ketones is 1. The number of fused-ring (bicyclic) bond motifs is 1. The summed E-state index contributed by atoms with van der Waals surface area (Å²) in [5, 5.41) is 1.89. The van der Waals surface area contributed by atoms with E-state index >= 15 is 0 Å². The number of thiophene rings is 1. The van der Waals surface area contributed by atoms with Gasteiger partial charge in [-0.15, -0.1) is 11.3 Å². The standard InChI is InChI=1S/C32H32N2O5S3/c1-22-10-14-25(15-11-22)41(36,37)33-21-27-29(19-30(33)32-9-6-18-40-32)34(42(38,39)26-16-12-23(2)13-17-26)28(20-31(27)35)24-7-4-3-5-8-24/h3-18,27-30H,19-21H2,1-2H3/t27-,28+,29+,30+/m1/s1. The van der Waals surface area contributed by atoms with E-state index in [1.807, 2.05) is 61.7 Å². The maximum Gasteiger partial charge on any atom is 0.243 e. The molecule has 6 rings (SSSR count). The minimum atomic E-state index is -4.06. The van der Waals surface area contributed by atoms with Gasteiger partial charge in [0.05, 0.1) is 21.9 Å². The van der Waals surface area contributed by atoms with E-state index in [2.05, 4.69) is 0 Å². The van der Waals surface area contributed by atoms with Gasteiger partial charge < -0.3 is 0 Å². The molecule has 0 saturated carbocycles. The molecule has 0 bridgehead atoms. The number of benzene rings is 3. The van der Waals surface area contributed by atoms with Crippen LogP contribution in [0.4, 0.5) is 0 Å². The van der Waals surface area contributed by atoms with Gasteiger partial charge in [0.1, 0.15) is 5.78 Å². The third kappa shape index (κ3) is 5.16. The number of Topliss-reactive ketones (excluding diaryl/α,β-unsaturated/α-hetero) is 1. The fourth-order valence-electron chi connectivity index (χ4n) is 6.18. The van der Waals surface area contributed by atoms with Gasteiger partial charge in [0.2, 0.25) is 20.0 Å². The lowest BCUT2D eigenvalue weighted by molar-refractivity contribution is -0.132. The lowest BCUT2D eigenvalue weighted by Gasteiger charge is -2.51. The van der Waals surface area contributed by atoms with Crippen LogP contribution in [-0.2, 0) is 24.8 Å². The highest BCUT2D eigenvalue weighted by Gasteiger charge is 2.54. The van der Waals surface area contributed by atoms with Crippen molar-refractivity contribution in [2.75, 3.05) is 6.54 Å². The topological polar surface area (TPSA) is 91.8 Å². The van der Waals surface area contributed by atoms with Crippen LogP contribution in [0.15, 0.2) is 106 Å². The Morgan fingerprint density at radius 2 is 1.31 bits per heavy atom. The molecule has 218 valence electrons. The maximum atomic E-state index is 14.5. The van der Waals surface area contributed by atoms with Gasteiger partial charge in [0, 0.05) is 29.8 Å². The molecule has 0 radical (unpaired) electrons. The van der Waals surface area contributed by atoms with Gasteiger partial charge in [0.15, 0.2) is 0 Å². The average Bonchev–Trinajstić information content (AvgIpc) is 3.52. The first kappa shape index (κ1) is 28.9. The molecule has 4 atom stereocenters. The molecule has 2 aliphatic heterocycles. The van der Waals surface area contributed by atoms with Crippen molar-refractivity contribution in [3.8, 4) is 0 Å². The van der Waals surface area contributed by atoms with Crippen LogP contribution in [0, 0.1) is 19.8 Å². The molecule has 3 heterocycles. The molecule has 2 aliphatic rings. The monoisotopic (exact) mass is 620 g/mol. The summed E-state index contributed by atoms with van der Waals surface area (Å²) in [6.07, 6.45) is 0.134. The number of carbonyl (C=O) groups excluding carboxylic acids is 1. The van der Waals surface area contributed by atoms with Gasteiger partial charge in [-0.05, 0) is 61.5 Å². The Kier molecular flexibility index (Phi) is 7.69. The summed E-state index contributed by atoms with van der Waals surface area (Å²) in [7, 11) is -8.04. The Bertz CT molecular complexity index is 1790. The van der Waals surface area contributed by atoms with Crippen LogP contribution in [-0.4, -0.2) is 43.8 Å². The smallest absolute Gasteiger partial charge is 0.243 e. The quantitative estimate of drug-likeness (QED) is 0.268. The maximum absolute atomic E-state index is 14.5. The summed E-state index contributed by atoms with van der Waals surface area (Å²) in [5.41, 5.74) is 2.61. The summed E-state index contributed by atoms with van der Waals surface area (Å²) >= 11 is 1.43. The molecular weight excluding hydrogens is 589 g/mol. The molecular formula is C32H32N2O5S3. The minimum absolute atomic E-state index is 0.0294. The molecule has 1 aromatic heterocycles. The highest BCUT2D eigenvalue weighted by atomic mass is 32.2. The van der Waals surface area contributed by atoms with Crippen molar-refractivity contribution in [3.05, 3.63) is 118 Å². The zero-order valence-corrected chi connectivity index (χ0v) is 25.8. The van der Waals surface area contributed by atoms with Crippen LogP contribution >= 0.6 is 11.3 Å². The zero-order chi connectivity index (χ0) is 29.6. The Labute approximate surface area is 251 Å². The van der Waals surface area contributed by atoms with Crippen molar-refractivity contribution < 1.29 is 21.6 Å². The summed E-state index contributed by atoms with van der Waals surface area (Å²) in [6.45, 7) is 3.70. The molecule has 4 aromatic rings. The highest BCUT2D eigenvalue weighted by Crippen LogP contribution is 2.48. The predicted octanol–water partition coefficient (Wildman–Crippen LogP) is 5.89. The molecule has 0 unspecified atom stereocenters. The molecule has 0 N–H and O–H groups in total. The summed E-state index contributed by atoms with van der Waals surface area (Å²) in [6, 6.07) is 24.4. The molecule has 0 amide bonds. The Morgan fingerprint density at radius 3 is 1.88 bits per heavy atom. The van der Waals surface area contributed by atoms with Crippen LogP contribution in [0.1, 0.15) is 46.5 Å². The average molecular weight is 621 g/mol. The number of hydrogen-bond acceptors (Lipinski definition) is 6. The second-order valence-corrected chi connectivity index (χ2v) is 15.8. The number of piperidine rings is 2. The van der Waals surface area contributed by atoms with E-state index in [4.69, 9.17) is 0 Å². The van der Waals surface area contributed by atoms with E-state index in [9.17, 15) is 21.6 Å². The lowest BCUT2D eigenvalue weighted by Crippen LogP contribution is -2.60. The first-order valence-corrected chi connectivity index (χ1v) is 17.6. The van der Waals surface area contributed by atoms with Crippen LogP contribution in [0.3, 0.4) is 0 Å². The van der Waals surface area contributed by atoms with Crippen LogP contribution in [0.25, 0.3) is 0 Å². The fraction of sp³-hybridized carbons (Fsp3) is 0.281. The zero-order valence-electron chi connectivity index (χ0n) is 23.3. The van der Waals surface area contributed by atoms with Crippen molar-refractivity contribution in [3.63, 3.8) is 0 Å². The van der Waals surface area contributed by atoms with Gasteiger partial charge in [-0.2, -0.15) is 8.61 Å². The molecule has 2 fully saturated rings. The van der Waals surface area contributed by atoms with E-state index in [0.29, 0.717) is 0 Å². The lowest BCUT2D eigenvalue weighted by atomic mass is 9.78. The van der Waals surface area contributed by atoms with Gasteiger partial charge in [-0.1, -0.05) is 71.8 Å². The molecule has 2 saturated heterocycles. The van der Waals surface area contributed by atoms with Crippen molar-refractivity contribution in [1.82, 2.24) is 8.61 Å². The summed E-state index contributed by atoms with van der Waals surface area (Å²) < 4.78 is 60.0. The van der Waals surface area contributed by atoms with Gasteiger partial charge in [-0.25, -0.2) is 16.8 Å². The Hall–Kier alpha value is -3.15. The van der Waals surface area contributed by atoms with Gasteiger partial charge in [0.25, 0.3) is 0 Å². The number of rotatable bonds is 6. The van der Waals surface area contributed by atoms with Crippen LogP contribution in [0.5, 0.6) is 0 Å². The van der Waals surface area contributed by atoms with Crippen LogP contribution in [0.2, 0.25) is 0 Å². The highest BCUT2D eigenvalue weighted by molar-refractivity contribution is 7.89. The van der Waals surface area contributed by atoms with Crippen molar-refractivity contribution in [2.45, 2.75) is 54.6 Å². The molecule has 10 heteroatoms. The Morgan fingerprint density at radius 1 is 0.714 bits per heavy atom. The van der Waals surface area contributed by atoms with Crippen LogP contribution < -0.4 is 0 Å². The van der Waals surface area contributed by atoms with Gasteiger partial charge >= 0.3 is 0 Å². The minimum Gasteiger partial charge on any atom is -0.299 e. The molecule has 0 spiro atoms. The number of hydrogen-bond donors (Lipinski definition) is 0. The Balaban J connectivity index is 1.48. The van der Waals surface area contributed by atoms with Gasteiger partial charge in [-0.3, -0.25) is 4.79 Å². The van der Waals surface area contributed by atoms with E-state index in [1.54, 1.807) is 48.5 Å². The number of carbonyl (C=O) groups is 1. The normalized spacial score (nSPS) is 23.9. The van der Waals surface area contributed by atoms with Crippen molar-refractivity contribution >= 4 is 37.2 Å². The largest absolute Gasteiger partial charge is 0.299 e.